The molecule has 24 heavy (non-hydrogen) atoms. The van der Waals surface area contributed by atoms with Gasteiger partial charge in [-0.25, -0.2) is 4.79 Å². The van der Waals surface area contributed by atoms with Crippen molar-refractivity contribution in [3.63, 3.8) is 0 Å². The van der Waals surface area contributed by atoms with Gasteiger partial charge < -0.3 is 15.8 Å². The Hall–Kier alpha value is -2.82. The SMILES string of the molecule is CCCC(=O)NCc1ccccc1.NC(=O)OCc1ccccc1. The molecule has 3 N–H and O–H groups in total. The van der Waals surface area contributed by atoms with E-state index in [0.717, 1.165) is 17.5 Å². The fourth-order valence-corrected chi connectivity index (χ4v) is 1.84. The van der Waals surface area contributed by atoms with Crippen LogP contribution in [0.5, 0.6) is 0 Å². The number of primary amides is 1. The molecule has 0 heterocycles. The number of ether oxygens (including phenoxy) is 1. The van der Waals surface area contributed by atoms with E-state index < -0.39 is 6.09 Å². The van der Waals surface area contributed by atoms with Crippen LogP contribution in [0.4, 0.5) is 4.79 Å². The van der Waals surface area contributed by atoms with Crippen LogP contribution in [-0.4, -0.2) is 12.0 Å². The Bertz CT molecular complexity index is 601. The number of hydrogen-bond acceptors (Lipinski definition) is 3. The molecule has 2 amide bonds. The van der Waals surface area contributed by atoms with Gasteiger partial charge in [-0.1, -0.05) is 67.6 Å². The predicted octanol–water partition coefficient (Wildman–Crippen LogP) is 3.38. The second kappa shape index (κ2) is 11.7. The zero-order valence-corrected chi connectivity index (χ0v) is 13.9. The zero-order valence-electron chi connectivity index (χ0n) is 13.9. The summed E-state index contributed by atoms with van der Waals surface area (Å²) in [4.78, 5) is 21.3. The molecule has 0 unspecified atom stereocenters. The van der Waals surface area contributed by atoms with Crippen LogP contribution in [0, 0.1) is 0 Å². The van der Waals surface area contributed by atoms with Crippen molar-refractivity contribution in [2.75, 3.05) is 0 Å². The van der Waals surface area contributed by atoms with E-state index in [-0.39, 0.29) is 12.5 Å². The molecule has 0 spiro atoms. The summed E-state index contributed by atoms with van der Waals surface area (Å²) in [7, 11) is 0. The predicted molar refractivity (Wildman–Crippen MR) is 94.0 cm³/mol. The minimum Gasteiger partial charge on any atom is -0.445 e. The molecule has 5 heteroatoms. The quantitative estimate of drug-likeness (QED) is 0.853. The lowest BCUT2D eigenvalue weighted by molar-refractivity contribution is -0.121. The maximum atomic E-state index is 11.1. The molecule has 0 aliphatic carbocycles. The third-order valence-electron chi connectivity index (χ3n) is 3.03. The summed E-state index contributed by atoms with van der Waals surface area (Å²) in [6.45, 7) is 2.89. The Labute approximate surface area is 142 Å². The normalized spacial score (nSPS) is 9.38. The molecule has 0 saturated carbocycles. The van der Waals surface area contributed by atoms with E-state index in [1.165, 1.54) is 0 Å². The lowest BCUT2D eigenvalue weighted by atomic mass is 10.2. The first-order chi connectivity index (χ1) is 11.6. The van der Waals surface area contributed by atoms with E-state index in [4.69, 9.17) is 5.73 Å². The average Bonchev–Trinajstić information content (AvgIpc) is 2.61. The van der Waals surface area contributed by atoms with Gasteiger partial charge in [0.05, 0.1) is 0 Å². The van der Waals surface area contributed by atoms with Gasteiger partial charge in [0.15, 0.2) is 0 Å². The number of nitrogens with two attached hydrogens (primary N) is 1. The van der Waals surface area contributed by atoms with Gasteiger partial charge in [-0.15, -0.1) is 0 Å². The van der Waals surface area contributed by atoms with E-state index in [9.17, 15) is 9.59 Å². The van der Waals surface area contributed by atoms with Crippen LogP contribution >= 0.6 is 0 Å². The second-order valence-electron chi connectivity index (χ2n) is 5.11. The molecule has 0 bridgehead atoms. The third kappa shape index (κ3) is 9.25. The van der Waals surface area contributed by atoms with Crippen LogP contribution < -0.4 is 11.1 Å². The minimum atomic E-state index is -0.742. The second-order valence-corrected chi connectivity index (χ2v) is 5.11. The summed E-state index contributed by atoms with van der Waals surface area (Å²) >= 11 is 0. The molecule has 2 aromatic rings. The molecule has 0 radical (unpaired) electrons. The van der Waals surface area contributed by atoms with Crippen molar-refractivity contribution in [1.29, 1.82) is 0 Å². The van der Waals surface area contributed by atoms with Crippen LogP contribution in [-0.2, 0) is 22.7 Å². The molecule has 0 aromatic heterocycles. The maximum Gasteiger partial charge on any atom is 0.404 e. The van der Waals surface area contributed by atoms with Crippen LogP contribution in [0.2, 0.25) is 0 Å². The third-order valence-corrected chi connectivity index (χ3v) is 3.03. The molecule has 2 aromatic carbocycles. The molecule has 0 aliphatic rings. The molecular weight excluding hydrogens is 304 g/mol. The topological polar surface area (TPSA) is 81.4 Å². The summed E-state index contributed by atoms with van der Waals surface area (Å²) in [5.41, 5.74) is 6.86. The van der Waals surface area contributed by atoms with Gasteiger partial charge in [0.2, 0.25) is 5.91 Å². The van der Waals surface area contributed by atoms with E-state index in [1.807, 2.05) is 67.6 Å². The van der Waals surface area contributed by atoms with Crippen molar-refractivity contribution in [2.24, 2.45) is 5.73 Å². The molecule has 0 aliphatic heterocycles. The van der Waals surface area contributed by atoms with Gasteiger partial charge in [-0.2, -0.15) is 0 Å². The number of nitrogens with one attached hydrogen (secondary N) is 1. The Balaban J connectivity index is 0.000000243. The Morgan fingerprint density at radius 1 is 0.958 bits per heavy atom. The van der Waals surface area contributed by atoms with Crippen molar-refractivity contribution in [3.05, 3.63) is 71.8 Å². The molecule has 0 atom stereocenters. The lowest BCUT2D eigenvalue weighted by Crippen LogP contribution is -2.21. The first-order valence-corrected chi connectivity index (χ1v) is 7.88. The van der Waals surface area contributed by atoms with E-state index in [1.54, 1.807) is 0 Å². The zero-order chi connectivity index (χ0) is 17.6. The van der Waals surface area contributed by atoms with Gasteiger partial charge in [-0.3, -0.25) is 4.79 Å². The van der Waals surface area contributed by atoms with E-state index in [0.29, 0.717) is 13.0 Å². The van der Waals surface area contributed by atoms with Gasteiger partial charge >= 0.3 is 6.09 Å². The average molecular weight is 328 g/mol. The van der Waals surface area contributed by atoms with Gasteiger partial charge in [0.1, 0.15) is 6.61 Å². The lowest BCUT2D eigenvalue weighted by Gasteiger charge is -2.03. The molecule has 2 rings (SSSR count). The van der Waals surface area contributed by atoms with Crippen molar-refractivity contribution < 1.29 is 14.3 Å². The Kier molecular flexibility index (Phi) is 9.38. The minimum absolute atomic E-state index is 0.131. The molecular formula is C19H24N2O3. The fourth-order valence-electron chi connectivity index (χ4n) is 1.84. The van der Waals surface area contributed by atoms with Gasteiger partial charge in [0, 0.05) is 13.0 Å². The van der Waals surface area contributed by atoms with Gasteiger partial charge in [-0.05, 0) is 17.5 Å². The number of benzene rings is 2. The van der Waals surface area contributed by atoms with E-state index >= 15 is 0 Å². The largest absolute Gasteiger partial charge is 0.445 e. The molecule has 5 nitrogen and oxygen atoms in total. The standard InChI is InChI=1S/C11H15NO.C8H9NO2/c1-2-6-11(13)12-9-10-7-4-3-5-8-10;9-8(10)11-6-7-4-2-1-3-5-7/h3-5,7-8H,2,6,9H2,1H3,(H,12,13);1-5H,6H2,(H2,9,10). The number of rotatable bonds is 6. The Morgan fingerprint density at radius 3 is 2.00 bits per heavy atom. The summed E-state index contributed by atoms with van der Waals surface area (Å²) in [5.74, 6) is 0.131. The summed E-state index contributed by atoms with van der Waals surface area (Å²) in [6.07, 6.45) is 0.779. The monoisotopic (exact) mass is 328 g/mol. The molecule has 128 valence electrons. The van der Waals surface area contributed by atoms with Crippen LogP contribution in [0.15, 0.2) is 60.7 Å². The summed E-state index contributed by atoms with van der Waals surface area (Å²) < 4.78 is 4.57. The van der Waals surface area contributed by atoms with Gasteiger partial charge in [0.25, 0.3) is 0 Å². The van der Waals surface area contributed by atoms with Crippen molar-refractivity contribution in [1.82, 2.24) is 5.32 Å². The first-order valence-electron chi connectivity index (χ1n) is 7.88. The highest BCUT2D eigenvalue weighted by Gasteiger charge is 1.97. The number of hydrogen-bond donors (Lipinski definition) is 2. The number of amides is 2. The van der Waals surface area contributed by atoms with Crippen molar-refractivity contribution in [3.8, 4) is 0 Å². The van der Waals surface area contributed by atoms with E-state index in [2.05, 4.69) is 10.1 Å². The maximum absolute atomic E-state index is 11.1. The van der Waals surface area contributed by atoms with Crippen LogP contribution in [0.1, 0.15) is 30.9 Å². The first kappa shape index (κ1) is 19.2. The highest BCUT2D eigenvalue weighted by atomic mass is 16.5. The van der Waals surface area contributed by atoms with Crippen LogP contribution in [0.25, 0.3) is 0 Å². The highest BCUT2D eigenvalue weighted by Crippen LogP contribution is 1.99. The van der Waals surface area contributed by atoms with Crippen LogP contribution in [0.3, 0.4) is 0 Å². The molecule has 0 saturated heterocycles. The fraction of sp³-hybridized carbons (Fsp3) is 0.263. The number of carbonyl (C=O) groups is 2. The number of carbonyl (C=O) groups excluding carboxylic acids is 2. The highest BCUT2D eigenvalue weighted by molar-refractivity contribution is 5.75. The smallest absolute Gasteiger partial charge is 0.404 e. The van der Waals surface area contributed by atoms with Crippen molar-refractivity contribution in [2.45, 2.75) is 32.9 Å². The summed E-state index contributed by atoms with van der Waals surface area (Å²) in [5, 5.41) is 2.86. The Morgan fingerprint density at radius 2 is 1.50 bits per heavy atom. The summed E-state index contributed by atoms with van der Waals surface area (Å²) in [6, 6.07) is 19.3. The van der Waals surface area contributed by atoms with Crippen molar-refractivity contribution >= 4 is 12.0 Å². The molecule has 0 fully saturated rings.